The molecule has 0 aliphatic carbocycles. The van der Waals surface area contributed by atoms with Gasteiger partial charge in [0.25, 0.3) is 5.69 Å². The van der Waals surface area contributed by atoms with Crippen LogP contribution >= 0.6 is 0 Å². The summed E-state index contributed by atoms with van der Waals surface area (Å²) in [4.78, 5) is 21.5. The smallest absolute Gasteiger partial charge is 0.279 e. The average Bonchev–Trinajstić information content (AvgIpc) is 2.36. The van der Waals surface area contributed by atoms with E-state index in [1.807, 2.05) is 0 Å². The third-order valence-corrected chi connectivity index (χ3v) is 2.46. The fourth-order valence-corrected chi connectivity index (χ4v) is 1.44. The number of amides is 1. The number of aliphatic hydroxyl groups is 1. The summed E-state index contributed by atoms with van der Waals surface area (Å²) in [6, 6.07) is 3.11. The summed E-state index contributed by atoms with van der Waals surface area (Å²) in [5.41, 5.74) is -0.264. The Bertz CT molecular complexity index is 529. The Morgan fingerprint density at radius 3 is 2.90 bits per heavy atom. The van der Waals surface area contributed by atoms with Crippen molar-refractivity contribution in [2.45, 2.75) is 19.4 Å². The van der Waals surface area contributed by atoms with Crippen LogP contribution in [0.25, 0.3) is 6.08 Å². The van der Waals surface area contributed by atoms with Gasteiger partial charge >= 0.3 is 0 Å². The number of hydrogen-bond donors (Lipinski definition) is 2. The van der Waals surface area contributed by atoms with Crippen molar-refractivity contribution >= 4 is 17.7 Å². The van der Waals surface area contributed by atoms with E-state index < -0.39 is 28.4 Å². The van der Waals surface area contributed by atoms with Crippen molar-refractivity contribution in [3.05, 3.63) is 45.8 Å². The molecule has 0 saturated carbocycles. The van der Waals surface area contributed by atoms with Gasteiger partial charge in [0.1, 0.15) is 5.82 Å². The van der Waals surface area contributed by atoms with E-state index in [4.69, 9.17) is 5.11 Å². The van der Waals surface area contributed by atoms with Crippen LogP contribution in [0.4, 0.5) is 10.1 Å². The number of carbonyl (C=O) groups is 1. The molecule has 1 unspecified atom stereocenters. The van der Waals surface area contributed by atoms with Crippen LogP contribution in [0, 0.1) is 15.9 Å². The van der Waals surface area contributed by atoms with E-state index in [0.29, 0.717) is 13.0 Å². The van der Waals surface area contributed by atoms with Crippen LogP contribution in [0.2, 0.25) is 0 Å². The van der Waals surface area contributed by atoms with Gasteiger partial charge in [-0.15, -0.1) is 0 Å². The minimum Gasteiger partial charge on any atom is -0.393 e. The van der Waals surface area contributed by atoms with Crippen molar-refractivity contribution in [1.29, 1.82) is 0 Å². The Kier molecular flexibility index (Phi) is 5.79. The Balaban J connectivity index is 2.70. The van der Waals surface area contributed by atoms with Crippen LogP contribution in [0.3, 0.4) is 0 Å². The molecule has 0 aliphatic heterocycles. The molecular weight excluding hydrogens is 267 g/mol. The third kappa shape index (κ3) is 5.15. The summed E-state index contributed by atoms with van der Waals surface area (Å²) in [6.45, 7) is 1.90. The van der Waals surface area contributed by atoms with Gasteiger partial charge in [0, 0.05) is 12.6 Å². The molecule has 0 aromatic heterocycles. The number of carbonyl (C=O) groups excluding carboxylic acids is 1. The fraction of sp³-hybridized carbons (Fsp3) is 0.308. The van der Waals surface area contributed by atoms with Crippen LogP contribution in [0.15, 0.2) is 24.3 Å². The van der Waals surface area contributed by atoms with E-state index in [1.54, 1.807) is 6.92 Å². The van der Waals surface area contributed by atoms with Gasteiger partial charge in [-0.3, -0.25) is 14.9 Å². The monoisotopic (exact) mass is 282 g/mol. The molecule has 1 aromatic carbocycles. The number of nitro benzene ring substituents is 1. The van der Waals surface area contributed by atoms with Crippen LogP contribution in [-0.2, 0) is 4.79 Å². The highest BCUT2D eigenvalue weighted by Gasteiger charge is 2.12. The second-order valence-corrected chi connectivity index (χ2v) is 4.22. The summed E-state index contributed by atoms with van der Waals surface area (Å²) in [7, 11) is 0. The summed E-state index contributed by atoms with van der Waals surface area (Å²) in [6.07, 6.45) is 2.27. The van der Waals surface area contributed by atoms with Gasteiger partial charge < -0.3 is 10.4 Å². The van der Waals surface area contributed by atoms with E-state index in [1.165, 1.54) is 12.1 Å². The van der Waals surface area contributed by atoms with Crippen LogP contribution in [-0.4, -0.2) is 28.6 Å². The van der Waals surface area contributed by atoms with Crippen molar-refractivity contribution < 1.29 is 19.2 Å². The number of aliphatic hydroxyl groups excluding tert-OH is 1. The Hall–Kier alpha value is -2.28. The topological polar surface area (TPSA) is 92.5 Å². The van der Waals surface area contributed by atoms with Gasteiger partial charge in [0.2, 0.25) is 5.91 Å². The SMILES string of the molecule is CC(O)CCNC(=O)C=Cc1ccc(F)cc1[N+](=O)[O-]. The zero-order valence-corrected chi connectivity index (χ0v) is 10.9. The normalized spacial score (nSPS) is 12.3. The number of halogens is 1. The van der Waals surface area contributed by atoms with E-state index in [-0.39, 0.29) is 5.56 Å². The highest BCUT2D eigenvalue weighted by atomic mass is 19.1. The number of nitrogens with zero attached hydrogens (tertiary/aromatic N) is 1. The maximum atomic E-state index is 12.9. The van der Waals surface area contributed by atoms with Gasteiger partial charge in [-0.05, 0) is 31.6 Å². The standard InChI is InChI=1S/C13H15FN2O4/c1-9(17)6-7-15-13(18)5-3-10-2-4-11(14)8-12(10)16(19)20/h2-5,8-9,17H,6-7H2,1H3,(H,15,18). The van der Waals surface area contributed by atoms with E-state index in [0.717, 1.165) is 18.2 Å². The second kappa shape index (κ2) is 7.34. The molecule has 1 atom stereocenters. The zero-order chi connectivity index (χ0) is 15.1. The maximum absolute atomic E-state index is 12.9. The average molecular weight is 282 g/mol. The van der Waals surface area contributed by atoms with Crippen LogP contribution in [0.5, 0.6) is 0 Å². The van der Waals surface area contributed by atoms with Crippen LogP contribution in [0.1, 0.15) is 18.9 Å². The predicted octanol–water partition coefficient (Wildman–Crippen LogP) is 1.63. The first-order chi connectivity index (χ1) is 9.40. The molecule has 0 saturated heterocycles. The molecule has 0 bridgehead atoms. The molecule has 0 radical (unpaired) electrons. The van der Waals surface area contributed by atoms with Crippen LogP contribution < -0.4 is 5.32 Å². The molecule has 2 N–H and O–H groups in total. The number of nitro groups is 1. The lowest BCUT2D eigenvalue weighted by molar-refractivity contribution is -0.385. The van der Waals surface area contributed by atoms with Gasteiger partial charge in [-0.2, -0.15) is 0 Å². The van der Waals surface area contributed by atoms with Crippen molar-refractivity contribution in [1.82, 2.24) is 5.32 Å². The third-order valence-electron chi connectivity index (χ3n) is 2.46. The lowest BCUT2D eigenvalue weighted by atomic mass is 10.1. The summed E-state index contributed by atoms with van der Waals surface area (Å²) in [5.74, 6) is -1.15. The van der Waals surface area contributed by atoms with Crippen molar-refractivity contribution in [3.63, 3.8) is 0 Å². The number of hydrogen-bond acceptors (Lipinski definition) is 4. The van der Waals surface area contributed by atoms with Gasteiger partial charge in [-0.25, -0.2) is 4.39 Å². The molecule has 1 aromatic rings. The Morgan fingerprint density at radius 1 is 1.60 bits per heavy atom. The molecule has 0 spiro atoms. The molecule has 108 valence electrons. The molecule has 7 heteroatoms. The van der Waals surface area contributed by atoms with Gasteiger partial charge in [-0.1, -0.05) is 0 Å². The van der Waals surface area contributed by atoms with E-state index in [9.17, 15) is 19.3 Å². The summed E-state index contributed by atoms with van der Waals surface area (Å²) >= 11 is 0. The molecular formula is C13H15FN2O4. The highest BCUT2D eigenvalue weighted by molar-refractivity contribution is 5.92. The Morgan fingerprint density at radius 2 is 2.30 bits per heavy atom. The van der Waals surface area contributed by atoms with E-state index in [2.05, 4.69) is 5.32 Å². The van der Waals surface area contributed by atoms with Gasteiger partial charge in [0.15, 0.2) is 0 Å². The molecule has 1 rings (SSSR count). The number of benzene rings is 1. The lowest BCUT2D eigenvalue weighted by Crippen LogP contribution is -2.24. The van der Waals surface area contributed by atoms with Crippen molar-refractivity contribution in [3.8, 4) is 0 Å². The summed E-state index contributed by atoms with van der Waals surface area (Å²) < 4.78 is 12.9. The van der Waals surface area contributed by atoms with Gasteiger partial charge in [0.05, 0.1) is 22.7 Å². The molecule has 0 heterocycles. The number of rotatable bonds is 6. The van der Waals surface area contributed by atoms with Crippen molar-refractivity contribution in [2.75, 3.05) is 6.54 Å². The second-order valence-electron chi connectivity index (χ2n) is 4.22. The van der Waals surface area contributed by atoms with E-state index >= 15 is 0 Å². The largest absolute Gasteiger partial charge is 0.393 e. The summed E-state index contributed by atoms with van der Waals surface area (Å²) in [5, 5.41) is 22.3. The minimum absolute atomic E-state index is 0.141. The highest BCUT2D eigenvalue weighted by Crippen LogP contribution is 2.20. The first-order valence-corrected chi connectivity index (χ1v) is 5.98. The molecule has 0 fully saturated rings. The molecule has 1 amide bonds. The molecule has 20 heavy (non-hydrogen) atoms. The lowest BCUT2D eigenvalue weighted by Gasteiger charge is -2.04. The minimum atomic E-state index is -0.714. The first-order valence-electron chi connectivity index (χ1n) is 5.98. The predicted molar refractivity (Wildman–Crippen MR) is 71.4 cm³/mol. The van der Waals surface area contributed by atoms with Crippen molar-refractivity contribution in [2.24, 2.45) is 0 Å². The Labute approximate surface area is 115 Å². The maximum Gasteiger partial charge on any atom is 0.279 e. The fourth-order valence-electron chi connectivity index (χ4n) is 1.44. The molecule has 6 nitrogen and oxygen atoms in total. The first kappa shape index (κ1) is 15.8. The number of nitrogens with one attached hydrogen (secondary N) is 1. The zero-order valence-electron chi connectivity index (χ0n) is 10.9. The quantitative estimate of drug-likeness (QED) is 0.471. The molecule has 0 aliphatic rings.